The zero-order valence-electron chi connectivity index (χ0n) is 12.5. The molecule has 0 radical (unpaired) electrons. The van der Waals surface area contributed by atoms with E-state index >= 15 is 0 Å². The van der Waals surface area contributed by atoms with E-state index in [0.29, 0.717) is 5.56 Å². The third-order valence-corrected chi connectivity index (χ3v) is 3.76. The first-order valence-electron chi connectivity index (χ1n) is 6.86. The van der Waals surface area contributed by atoms with E-state index in [1.54, 1.807) is 0 Å². The van der Waals surface area contributed by atoms with Crippen molar-refractivity contribution in [2.24, 2.45) is 0 Å². The van der Waals surface area contributed by atoms with E-state index in [9.17, 15) is 22.8 Å². The van der Waals surface area contributed by atoms with Gasteiger partial charge in [-0.3, -0.25) is 9.59 Å². The zero-order valence-corrected chi connectivity index (χ0v) is 12.5. The second kappa shape index (κ2) is 5.26. The van der Waals surface area contributed by atoms with Crippen LogP contribution in [-0.2, 0) is 6.18 Å². The van der Waals surface area contributed by atoms with E-state index in [0.717, 1.165) is 18.6 Å². The van der Waals surface area contributed by atoms with Crippen LogP contribution in [0.4, 0.5) is 18.9 Å². The SMILES string of the molecule is CCC(C)(C)Nc1c(-c2ccc(C(F)(F)F)cc2)c(=O)c1=O. The van der Waals surface area contributed by atoms with Crippen molar-refractivity contribution >= 4 is 5.69 Å². The van der Waals surface area contributed by atoms with Gasteiger partial charge >= 0.3 is 6.18 Å². The summed E-state index contributed by atoms with van der Waals surface area (Å²) in [4.78, 5) is 23.5. The molecule has 0 aliphatic heterocycles. The van der Waals surface area contributed by atoms with Gasteiger partial charge in [0.25, 0.3) is 0 Å². The minimum Gasteiger partial charge on any atom is -0.376 e. The quantitative estimate of drug-likeness (QED) is 0.878. The Morgan fingerprint density at radius 3 is 2.00 bits per heavy atom. The van der Waals surface area contributed by atoms with Crippen LogP contribution < -0.4 is 16.2 Å². The Bertz CT molecular complexity index is 751. The van der Waals surface area contributed by atoms with Gasteiger partial charge in [0.1, 0.15) is 0 Å². The highest BCUT2D eigenvalue weighted by Crippen LogP contribution is 2.32. The molecule has 0 amide bonds. The maximum absolute atomic E-state index is 12.6. The molecule has 0 spiro atoms. The molecule has 6 heteroatoms. The van der Waals surface area contributed by atoms with Crippen LogP contribution in [0.15, 0.2) is 33.9 Å². The van der Waals surface area contributed by atoms with Crippen molar-refractivity contribution in [1.29, 1.82) is 0 Å². The average molecular weight is 311 g/mol. The van der Waals surface area contributed by atoms with Gasteiger partial charge < -0.3 is 5.32 Å². The van der Waals surface area contributed by atoms with Crippen LogP contribution in [-0.4, -0.2) is 5.54 Å². The van der Waals surface area contributed by atoms with E-state index in [1.807, 2.05) is 20.8 Å². The van der Waals surface area contributed by atoms with Crippen molar-refractivity contribution in [3.8, 4) is 11.1 Å². The van der Waals surface area contributed by atoms with Crippen LogP contribution >= 0.6 is 0 Å². The molecular weight excluding hydrogens is 295 g/mol. The van der Waals surface area contributed by atoms with E-state index < -0.39 is 22.6 Å². The average Bonchev–Trinajstić information content (AvgIpc) is 2.45. The Hall–Kier alpha value is -2.11. The molecule has 22 heavy (non-hydrogen) atoms. The molecule has 0 saturated carbocycles. The summed E-state index contributed by atoms with van der Waals surface area (Å²) < 4.78 is 37.7. The molecule has 118 valence electrons. The first-order valence-corrected chi connectivity index (χ1v) is 6.86. The molecule has 0 atom stereocenters. The molecule has 0 unspecified atom stereocenters. The van der Waals surface area contributed by atoms with E-state index in [2.05, 4.69) is 5.32 Å². The Morgan fingerprint density at radius 1 is 1.00 bits per heavy atom. The lowest BCUT2D eigenvalue weighted by molar-refractivity contribution is -0.137. The molecule has 0 bridgehead atoms. The fraction of sp³-hybridized carbons (Fsp3) is 0.375. The summed E-state index contributed by atoms with van der Waals surface area (Å²) in [6.45, 7) is 5.68. The van der Waals surface area contributed by atoms with Gasteiger partial charge in [0.2, 0.25) is 10.9 Å². The van der Waals surface area contributed by atoms with Gasteiger partial charge in [-0.15, -0.1) is 0 Å². The van der Waals surface area contributed by atoms with E-state index in [4.69, 9.17) is 0 Å². The highest BCUT2D eigenvalue weighted by atomic mass is 19.4. The Balaban J connectivity index is 2.41. The van der Waals surface area contributed by atoms with Gasteiger partial charge in [0.15, 0.2) is 0 Å². The summed E-state index contributed by atoms with van der Waals surface area (Å²) >= 11 is 0. The van der Waals surface area contributed by atoms with Crippen LogP contribution in [0.2, 0.25) is 0 Å². The van der Waals surface area contributed by atoms with Crippen molar-refractivity contribution in [1.82, 2.24) is 0 Å². The first-order chi connectivity index (χ1) is 10.1. The molecule has 2 aromatic rings. The number of nitrogens with one attached hydrogen (secondary N) is 1. The minimum atomic E-state index is -4.43. The van der Waals surface area contributed by atoms with Gasteiger partial charge in [0.05, 0.1) is 16.8 Å². The third-order valence-electron chi connectivity index (χ3n) is 3.76. The first kappa shape index (κ1) is 16.3. The summed E-state index contributed by atoms with van der Waals surface area (Å²) in [6, 6.07) is 4.23. The molecule has 0 saturated heterocycles. The van der Waals surface area contributed by atoms with E-state index in [-0.39, 0.29) is 16.8 Å². The Labute approximate surface area is 125 Å². The normalized spacial score (nSPS) is 12.6. The number of halogens is 3. The number of benzene rings is 1. The van der Waals surface area contributed by atoms with Crippen molar-refractivity contribution < 1.29 is 13.2 Å². The van der Waals surface area contributed by atoms with Crippen molar-refractivity contribution in [3.63, 3.8) is 0 Å². The number of anilines is 1. The predicted molar refractivity (Wildman–Crippen MR) is 79.8 cm³/mol. The third kappa shape index (κ3) is 2.91. The van der Waals surface area contributed by atoms with Crippen LogP contribution in [0.25, 0.3) is 11.1 Å². The monoisotopic (exact) mass is 311 g/mol. The Morgan fingerprint density at radius 2 is 1.55 bits per heavy atom. The lowest BCUT2D eigenvalue weighted by Crippen LogP contribution is -2.42. The van der Waals surface area contributed by atoms with E-state index in [1.165, 1.54) is 12.1 Å². The largest absolute Gasteiger partial charge is 0.416 e. The molecule has 2 rings (SSSR count). The molecule has 3 nitrogen and oxygen atoms in total. The van der Waals surface area contributed by atoms with Crippen molar-refractivity contribution in [3.05, 3.63) is 50.3 Å². The molecule has 0 aliphatic carbocycles. The van der Waals surface area contributed by atoms with Gasteiger partial charge in [-0.2, -0.15) is 13.2 Å². The minimum absolute atomic E-state index is 0.153. The van der Waals surface area contributed by atoms with Crippen molar-refractivity contribution in [2.75, 3.05) is 5.32 Å². The molecule has 1 N–H and O–H groups in total. The number of rotatable bonds is 4. The molecule has 0 fully saturated rings. The summed E-state index contributed by atoms with van der Waals surface area (Å²) in [5.74, 6) is 0. The lowest BCUT2D eigenvalue weighted by atomic mass is 9.94. The van der Waals surface area contributed by atoms with Gasteiger partial charge in [-0.1, -0.05) is 19.1 Å². The second-order valence-corrected chi connectivity index (χ2v) is 5.85. The second-order valence-electron chi connectivity index (χ2n) is 5.85. The maximum Gasteiger partial charge on any atom is 0.416 e. The van der Waals surface area contributed by atoms with Crippen LogP contribution in [0.3, 0.4) is 0 Å². The summed E-state index contributed by atoms with van der Waals surface area (Å²) in [7, 11) is 0. The highest BCUT2D eigenvalue weighted by molar-refractivity contribution is 5.82. The van der Waals surface area contributed by atoms with Gasteiger partial charge in [-0.05, 0) is 38.0 Å². The van der Waals surface area contributed by atoms with Crippen molar-refractivity contribution in [2.45, 2.75) is 38.9 Å². The summed E-state index contributed by atoms with van der Waals surface area (Å²) in [5, 5.41) is 3.00. The number of hydrogen-bond acceptors (Lipinski definition) is 3. The molecule has 2 aromatic carbocycles. The summed E-state index contributed by atoms with van der Waals surface area (Å²) in [5.41, 5.74) is -1.84. The maximum atomic E-state index is 12.6. The van der Waals surface area contributed by atoms with Gasteiger partial charge in [0, 0.05) is 5.54 Å². The Kier molecular flexibility index (Phi) is 3.89. The van der Waals surface area contributed by atoms with Crippen LogP contribution in [0.5, 0.6) is 0 Å². The van der Waals surface area contributed by atoms with Crippen LogP contribution in [0, 0.1) is 0 Å². The topological polar surface area (TPSA) is 46.2 Å². The number of hydrogen-bond donors (Lipinski definition) is 1. The fourth-order valence-corrected chi connectivity index (χ4v) is 2.04. The predicted octanol–water partition coefficient (Wildman–Crippen LogP) is 3.57. The molecular formula is C16H16F3NO2. The molecule has 0 aliphatic rings. The fourth-order valence-electron chi connectivity index (χ4n) is 2.04. The zero-order chi connectivity index (χ0) is 16.7. The van der Waals surface area contributed by atoms with Gasteiger partial charge in [-0.25, -0.2) is 0 Å². The molecule has 0 aromatic heterocycles. The van der Waals surface area contributed by atoms with Crippen LogP contribution in [0.1, 0.15) is 32.8 Å². The standard InChI is InChI=1S/C16H16F3NO2/c1-4-15(2,3)20-12-11(13(21)14(12)22)9-5-7-10(8-6-9)16(17,18)19/h5-8,20H,4H2,1-3H3. The summed E-state index contributed by atoms with van der Waals surface area (Å²) in [6.07, 6.45) is -3.71. The highest BCUT2D eigenvalue weighted by Gasteiger charge is 2.31. The number of alkyl halides is 3. The molecule has 0 heterocycles. The lowest BCUT2D eigenvalue weighted by Gasteiger charge is -2.27. The smallest absolute Gasteiger partial charge is 0.376 e.